The molecule has 1 aromatic heterocycles. The van der Waals surface area contributed by atoms with Crippen molar-refractivity contribution in [2.45, 2.75) is 13.8 Å². The van der Waals surface area contributed by atoms with E-state index in [9.17, 15) is 9.59 Å². The third-order valence-corrected chi connectivity index (χ3v) is 5.04. The summed E-state index contributed by atoms with van der Waals surface area (Å²) >= 11 is 1.41. The molecule has 128 valence electrons. The van der Waals surface area contributed by atoms with E-state index in [0.717, 1.165) is 15.6 Å². The Labute approximate surface area is 149 Å². The Morgan fingerprint density at radius 2 is 1.68 bits per heavy atom. The van der Waals surface area contributed by atoms with E-state index in [1.165, 1.54) is 11.3 Å². The second kappa shape index (κ2) is 7.36. The predicted octanol–water partition coefficient (Wildman–Crippen LogP) is 3.68. The van der Waals surface area contributed by atoms with Crippen LogP contribution >= 0.6 is 11.3 Å². The SMILES string of the molecule is CCOc1ccc(C(=O)NNC(=O)c2sc3ccccc3c2C)cc1. The van der Waals surface area contributed by atoms with Crippen LogP contribution in [-0.4, -0.2) is 18.4 Å². The minimum absolute atomic E-state index is 0.321. The zero-order valence-electron chi connectivity index (χ0n) is 14.0. The lowest BCUT2D eigenvalue weighted by molar-refractivity contribution is 0.0848. The Balaban J connectivity index is 1.66. The van der Waals surface area contributed by atoms with Crippen LogP contribution in [0, 0.1) is 6.92 Å². The van der Waals surface area contributed by atoms with Crippen LogP contribution in [-0.2, 0) is 0 Å². The second-order valence-corrected chi connectivity index (χ2v) is 6.47. The van der Waals surface area contributed by atoms with Crippen molar-refractivity contribution < 1.29 is 14.3 Å². The molecular formula is C19H18N2O3S. The molecule has 0 aliphatic rings. The Bertz CT molecular complexity index is 916. The number of amides is 2. The number of hydrogen-bond donors (Lipinski definition) is 2. The molecule has 0 aliphatic carbocycles. The molecule has 0 aliphatic heterocycles. The molecule has 0 bridgehead atoms. The summed E-state index contributed by atoms with van der Waals surface area (Å²) in [6.07, 6.45) is 0. The van der Waals surface area contributed by atoms with Crippen LogP contribution in [0.3, 0.4) is 0 Å². The lowest BCUT2D eigenvalue weighted by Crippen LogP contribution is -2.41. The fourth-order valence-electron chi connectivity index (χ4n) is 2.50. The van der Waals surface area contributed by atoms with Gasteiger partial charge in [-0.3, -0.25) is 20.4 Å². The molecule has 2 N–H and O–H groups in total. The highest BCUT2D eigenvalue weighted by Gasteiger charge is 2.16. The Morgan fingerprint density at radius 1 is 1.00 bits per heavy atom. The topological polar surface area (TPSA) is 67.4 Å². The van der Waals surface area contributed by atoms with Gasteiger partial charge in [0.15, 0.2) is 0 Å². The highest BCUT2D eigenvalue weighted by atomic mass is 32.1. The first-order valence-electron chi connectivity index (χ1n) is 7.92. The van der Waals surface area contributed by atoms with Gasteiger partial charge in [-0.1, -0.05) is 18.2 Å². The minimum atomic E-state index is -0.379. The molecule has 0 unspecified atom stereocenters. The summed E-state index contributed by atoms with van der Waals surface area (Å²) < 4.78 is 6.38. The van der Waals surface area contributed by atoms with Crippen molar-refractivity contribution in [3.8, 4) is 5.75 Å². The minimum Gasteiger partial charge on any atom is -0.494 e. The van der Waals surface area contributed by atoms with Crippen LogP contribution in [0.2, 0.25) is 0 Å². The quantitative estimate of drug-likeness (QED) is 0.702. The molecule has 3 rings (SSSR count). The monoisotopic (exact) mass is 354 g/mol. The molecule has 0 saturated carbocycles. The summed E-state index contributed by atoms with van der Waals surface area (Å²) in [5.41, 5.74) is 6.28. The summed E-state index contributed by atoms with van der Waals surface area (Å²) in [5.74, 6) is -0.00265. The first-order chi connectivity index (χ1) is 12.1. The van der Waals surface area contributed by atoms with Gasteiger partial charge in [-0.05, 0) is 55.1 Å². The van der Waals surface area contributed by atoms with Gasteiger partial charge in [0, 0.05) is 10.3 Å². The fourth-order valence-corrected chi connectivity index (χ4v) is 3.61. The third kappa shape index (κ3) is 3.64. The number of benzene rings is 2. The van der Waals surface area contributed by atoms with Crippen molar-refractivity contribution in [2.24, 2.45) is 0 Å². The van der Waals surface area contributed by atoms with E-state index >= 15 is 0 Å². The lowest BCUT2D eigenvalue weighted by Gasteiger charge is -2.08. The van der Waals surface area contributed by atoms with Gasteiger partial charge >= 0.3 is 0 Å². The average Bonchev–Trinajstić information content (AvgIpc) is 2.97. The van der Waals surface area contributed by atoms with Gasteiger partial charge in [0.25, 0.3) is 11.8 Å². The van der Waals surface area contributed by atoms with Crippen molar-refractivity contribution in [2.75, 3.05) is 6.61 Å². The number of carbonyl (C=O) groups is 2. The van der Waals surface area contributed by atoms with Gasteiger partial charge in [0.2, 0.25) is 0 Å². The number of hydrogen-bond acceptors (Lipinski definition) is 4. The Kier molecular flexibility index (Phi) is 5.00. The van der Waals surface area contributed by atoms with Crippen LogP contribution in [0.4, 0.5) is 0 Å². The van der Waals surface area contributed by atoms with Crippen molar-refractivity contribution in [1.29, 1.82) is 0 Å². The van der Waals surface area contributed by atoms with Gasteiger partial charge in [-0.25, -0.2) is 0 Å². The van der Waals surface area contributed by atoms with E-state index in [1.807, 2.05) is 38.1 Å². The smallest absolute Gasteiger partial charge is 0.280 e. The molecule has 0 radical (unpaired) electrons. The second-order valence-electron chi connectivity index (χ2n) is 5.42. The number of carbonyl (C=O) groups excluding carboxylic acids is 2. The normalized spacial score (nSPS) is 10.5. The number of ether oxygens (including phenoxy) is 1. The Morgan fingerprint density at radius 3 is 2.36 bits per heavy atom. The summed E-state index contributed by atoms with van der Waals surface area (Å²) in [7, 11) is 0. The standard InChI is InChI=1S/C19H18N2O3S/c1-3-24-14-10-8-13(9-11-14)18(22)20-21-19(23)17-12(2)15-6-4-5-7-16(15)25-17/h4-11H,3H2,1-2H3,(H,20,22)(H,21,23). The van der Waals surface area contributed by atoms with E-state index in [0.29, 0.717) is 22.8 Å². The molecule has 6 heteroatoms. The average molecular weight is 354 g/mol. The summed E-state index contributed by atoms with van der Waals surface area (Å²) in [4.78, 5) is 25.1. The molecule has 1 heterocycles. The number of aryl methyl sites for hydroxylation is 1. The highest BCUT2D eigenvalue weighted by molar-refractivity contribution is 7.21. The van der Waals surface area contributed by atoms with Crippen molar-refractivity contribution >= 4 is 33.2 Å². The van der Waals surface area contributed by atoms with E-state index in [-0.39, 0.29) is 11.8 Å². The third-order valence-electron chi connectivity index (χ3n) is 3.77. The largest absolute Gasteiger partial charge is 0.494 e. The molecular weight excluding hydrogens is 336 g/mol. The summed E-state index contributed by atoms with van der Waals surface area (Å²) in [6, 6.07) is 14.6. The predicted molar refractivity (Wildman–Crippen MR) is 99.1 cm³/mol. The van der Waals surface area contributed by atoms with Crippen LogP contribution in [0.1, 0.15) is 32.5 Å². The number of thiophene rings is 1. The maximum Gasteiger partial charge on any atom is 0.280 e. The number of hydrazine groups is 1. The van der Waals surface area contributed by atoms with Gasteiger partial charge in [0.1, 0.15) is 5.75 Å². The first kappa shape index (κ1) is 17.0. The van der Waals surface area contributed by atoms with Crippen LogP contribution < -0.4 is 15.6 Å². The van der Waals surface area contributed by atoms with E-state index < -0.39 is 0 Å². The van der Waals surface area contributed by atoms with Crippen LogP contribution in [0.5, 0.6) is 5.75 Å². The van der Waals surface area contributed by atoms with E-state index in [2.05, 4.69) is 10.9 Å². The molecule has 0 spiro atoms. The van der Waals surface area contributed by atoms with Gasteiger partial charge < -0.3 is 4.74 Å². The van der Waals surface area contributed by atoms with Crippen molar-refractivity contribution in [3.63, 3.8) is 0 Å². The van der Waals surface area contributed by atoms with Gasteiger partial charge in [-0.15, -0.1) is 11.3 Å². The molecule has 2 aromatic carbocycles. The Hall–Kier alpha value is -2.86. The van der Waals surface area contributed by atoms with Crippen molar-refractivity contribution in [1.82, 2.24) is 10.9 Å². The van der Waals surface area contributed by atoms with Gasteiger partial charge in [-0.2, -0.15) is 0 Å². The molecule has 3 aromatic rings. The molecule has 2 amide bonds. The van der Waals surface area contributed by atoms with Crippen LogP contribution in [0.25, 0.3) is 10.1 Å². The van der Waals surface area contributed by atoms with Crippen LogP contribution in [0.15, 0.2) is 48.5 Å². The highest BCUT2D eigenvalue weighted by Crippen LogP contribution is 2.30. The van der Waals surface area contributed by atoms with E-state index in [1.54, 1.807) is 24.3 Å². The molecule has 5 nitrogen and oxygen atoms in total. The maximum atomic E-state index is 12.4. The number of nitrogens with one attached hydrogen (secondary N) is 2. The van der Waals surface area contributed by atoms with Crippen molar-refractivity contribution in [3.05, 3.63) is 64.5 Å². The molecule has 0 fully saturated rings. The maximum absolute atomic E-state index is 12.4. The number of rotatable bonds is 4. The van der Waals surface area contributed by atoms with E-state index in [4.69, 9.17) is 4.74 Å². The van der Waals surface area contributed by atoms with Gasteiger partial charge in [0.05, 0.1) is 11.5 Å². The lowest BCUT2D eigenvalue weighted by atomic mass is 10.1. The summed E-state index contributed by atoms with van der Waals surface area (Å²) in [5, 5.41) is 1.05. The zero-order chi connectivity index (χ0) is 17.8. The molecule has 0 saturated heterocycles. The summed E-state index contributed by atoms with van der Waals surface area (Å²) in [6.45, 7) is 4.37. The molecule has 0 atom stereocenters. The molecule has 25 heavy (non-hydrogen) atoms. The number of fused-ring (bicyclic) bond motifs is 1. The zero-order valence-corrected chi connectivity index (χ0v) is 14.8. The fraction of sp³-hybridized carbons (Fsp3) is 0.158. The first-order valence-corrected chi connectivity index (χ1v) is 8.73.